The first-order chi connectivity index (χ1) is 12.1. The molecule has 2 fully saturated rings. The van der Waals surface area contributed by atoms with Crippen molar-refractivity contribution in [3.05, 3.63) is 29.8 Å². The van der Waals surface area contributed by atoms with Crippen molar-refractivity contribution in [1.29, 1.82) is 0 Å². The highest BCUT2D eigenvalue weighted by Gasteiger charge is 2.49. The second-order valence-corrected chi connectivity index (χ2v) is 9.01. The lowest BCUT2D eigenvalue weighted by molar-refractivity contribution is -0.0965. The Morgan fingerprint density at radius 1 is 1.23 bits per heavy atom. The summed E-state index contributed by atoms with van der Waals surface area (Å²) >= 11 is 0. The molecule has 0 radical (unpaired) electrons. The molecule has 1 N–H and O–H groups in total. The smallest absolute Gasteiger partial charge is 0.410 e. The second kappa shape index (κ2) is 6.76. The molecule has 1 aromatic carbocycles. The summed E-state index contributed by atoms with van der Waals surface area (Å²) < 4.78 is 5.64. The van der Waals surface area contributed by atoms with Gasteiger partial charge in [-0.1, -0.05) is 12.1 Å². The molecule has 1 aromatic rings. The largest absolute Gasteiger partial charge is 0.444 e. The average Bonchev–Trinajstić information content (AvgIpc) is 2.52. The maximum atomic E-state index is 12.7. The van der Waals surface area contributed by atoms with Gasteiger partial charge >= 0.3 is 6.09 Å². The Balaban J connectivity index is 1.85. The molecule has 3 rings (SSSR count). The molecule has 26 heavy (non-hydrogen) atoms. The molecule has 2 aliphatic heterocycles. The van der Waals surface area contributed by atoms with Crippen LogP contribution < -0.4 is 4.90 Å². The molecule has 0 saturated carbocycles. The van der Waals surface area contributed by atoms with E-state index in [2.05, 4.69) is 6.07 Å². The van der Waals surface area contributed by atoms with E-state index >= 15 is 0 Å². The quantitative estimate of drug-likeness (QED) is 0.869. The Morgan fingerprint density at radius 3 is 2.38 bits per heavy atom. The van der Waals surface area contributed by atoms with Crippen molar-refractivity contribution < 1.29 is 14.6 Å². The highest BCUT2D eigenvalue weighted by molar-refractivity contribution is 5.69. The zero-order valence-corrected chi connectivity index (χ0v) is 16.7. The van der Waals surface area contributed by atoms with Gasteiger partial charge in [0.15, 0.2) is 0 Å². The van der Waals surface area contributed by atoms with Gasteiger partial charge in [-0.25, -0.2) is 4.79 Å². The fraction of sp³-hybridized carbons (Fsp3) is 0.667. The van der Waals surface area contributed by atoms with Crippen LogP contribution in [0.15, 0.2) is 24.3 Å². The molecule has 1 amide bonds. The molecule has 2 bridgehead atoms. The van der Waals surface area contributed by atoms with Gasteiger partial charge < -0.3 is 19.6 Å². The number of amides is 1. The van der Waals surface area contributed by atoms with Gasteiger partial charge in [0.05, 0.1) is 5.60 Å². The van der Waals surface area contributed by atoms with Gasteiger partial charge in [0.1, 0.15) is 5.60 Å². The van der Waals surface area contributed by atoms with Gasteiger partial charge in [0, 0.05) is 44.7 Å². The van der Waals surface area contributed by atoms with E-state index in [4.69, 9.17) is 4.74 Å². The van der Waals surface area contributed by atoms with Gasteiger partial charge in [-0.2, -0.15) is 0 Å². The number of piperidine rings is 2. The minimum absolute atomic E-state index is 0.0327. The van der Waals surface area contributed by atoms with Crippen molar-refractivity contribution in [1.82, 2.24) is 4.90 Å². The third-order valence-corrected chi connectivity index (χ3v) is 5.51. The molecule has 0 spiro atoms. The van der Waals surface area contributed by atoms with Crippen molar-refractivity contribution in [2.45, 2.75) is 76.2 Å². The molecule has 2 aliphatic rings. The first kappa shape index (κ1) is 19.0. The standard InChI is InChI=1S/C21H32N2O3/c1-20(2,3)26-19(24)23-17-10-7-11-18(23)14-21(25,13-17)15-8-6-9-16(12-15)22(4)5/h6,8-9,12,17-18,25H,7,10-11,13-14H2,1-5H3. The number of aliphatic hydroxyl groups is 1. The van der Waals surface area contributed by atoms with Gasteiger partial charge in [0.2, 0.25) is 0 Å². The number of hydrogen-bond donors (Lipinski definition) is 1. The lowest BCUT2D eigenvalue weighted by atomic mass is 9.72. The summed E-state index contributed by atoms with van der Waals surface area (Å²) in [6, 6.07) is 8.18. The van der Waals surface area contributed by atoms with Gasteiger partial charge in [-0.3, -0.25) is 0 Å². The van der Waals surface area contributed by atoms with Crippen molar-refractivity contribution in [2.75, 3.05) is 19.0 Å². The highest BCUT2D eigenvalue weighted by atomic mass is 16.6. The normalized spacial score (nSPS) is 28.6. The summed E-state index contributed by atoms with van der Waals surface area (Å²) in [4.78, 5) is 16.7. The lowest BCUT2D eigenvalue weighted by Gasteiger charge is -2.52. The summed E-state index contributed by atoms with van der Waals surface area (Å²) in [6.07, 6.45) is 3.84. The number of fused-ring (bicyclic) bond motifs is 2. The molecular formula is C21H32N2O3. The Morgan fingerprint density at radius 2 is 1.85 bits per heavy atom. The number of anilines is 1. The second-order valence-electron chi connectivity index (χ2n) is 9.01. The number of nitrogens with zero attached hydrogens (tertiary/aromatic N) is 2. The Kier molecular flexibility index (Phi) is 4.95. The third kappa shape index (κ3) is 3.83. The summed E-state index contributed by atoms with van der Waals surface area (Å²) in [5.74, 6) is 0. The Labute approximate surface area is 156 Å². The van der Waals surface area contributed by atoms with E-state index in [1.165, 1.54) is 0 Å². The molecule has 2 unspecified atom stereocenters. The van der Waals surface area contributed by atoms with Crippen molar-refractivity contribution in [2.24, 2.45) is 0 Å². The maximum Gasteiger partial charge on any atom is 0.410 e. The van der Waals surface area contributed by atoms with Crippen LogP contribution in [0, 0.1) is 0 Å². The van der Waals surface area contributed by atoms with Crippen LogP contribution in [-0.2, 0) is 10.3 Å². The summed E-state index contributed by atoms with van der Waals surface area (Å²) in [5.41, 5.74) is 0.638. The molecule has 5 heteroatoms. The summed E-state index contributed by atoms with van der Waals surface area (Å²) in [5, 5.41) is 11.5. The molecular weight excluding hydrogens is 328 g/mol. The fourth-order valence-corrected chi connectivity index (χ4v) is 4.35. The van der Waals surface area contributed by atoms with E-state index in [1.807, 2.05) is 62.9 Å². The number of carbonyl (C=O) groups is 1. The number of carbonyl (C=O) groups excluding carboxylic acids is 1. The Hall–Kier alpha value is -1.75. The van der Waals surface area contributed by atoms with Crippen LogP contribution in [0.25, 0.3) is 0 Å². The van der Waals surface area contributed by atoms with Crippen molar-refractivity contribution >= 4 is 11.8 Å². The number of rotatable bonds is 2. The molecule has 2 heterocycles. The van der Waals surface area contributed by atoms with Crippen LogP contribution in [0.5, 0.6) is 0 Å². The topological polar surface area (TPSA) is 53.0 Å². The van der Waals surface area contributed by atoms with Crippen LogP contribution in [0.2, 0.25) is 0 Å². The van der Waals surface area contributed by atoms with Crippen LogP contribution >= 0.6 is 0 Å². The van der Waals surface area contributed by atoms with E-state index in [0.717, 1.165) is 30.5 Å². The Bertz CT molecular complexity index is 651. The monoisotopic (exact) mass is 360 g/mol. The fourth-order valence-electron chi connectivity index (χ4n) is 4.35. The molecule has 0 aromatic heterocycles. The number of hydrogen-bond acceptors (Lipinski definition) is 4. The van der Waals surface area contributed by atoms with Crippen molar-refractivity contribution in [3.63, 3.8) is 0 Å². The van der Waals surface area contributed by atoms with Gasteiger partial charge in [0.25, 0.3) is 0 Å². The van der Waals surface area contributed by atoms with Gasteiger partial charge in [-0.05, 0) is 57.7 Å². The first-order valence-electron chi connectivity index (χ1n) is 9.61. The zero-order chi connectivity index (χ0) is 19.1. The van der Waals surface area contributed by atoms with Crippen LogP contribution in [0.4, 0.5) is 10.5 Å². The summed E-state index contributed by atoms with van der Waals surface area (Å²) in [6.45, 7) is 5.69. The van der Waals surface area contributed by atoms with E-state index in [-0.39, 0.29) is 18.2 Å². The number of benzene rings is 1. The minimum atomic E-state index is -0.889. The predicted octanol–water partition coefficient (Wildman–Crippen LogP) is 3.89. The minimum Gasteiger partial charge on any atom is -0.444 e. The lowest BCUT2D eigenvalue weighted by Crippen LogP contribution is -2.59. The van der Waals surface area contributed by atoms with E-state index < -0.39 is 11.2 Å². The third-order valence-electron chi connectivity index (χ3n) is 5.51. The average molecular weight is 360 g/mol. The molecule has 0 aliphatic carbocycles. The number of ether oxygens (including phenoxy) is 1. The maximum absolute atomic E-state index is 12.7. The molecule has 2 saturated heterocycles. The first-order valence-corrected chi connectivity index (χ1v) is 9.61. The molecule has 144 valence electrons. The summed E-state index contributed by atoms with van der Waals surface area (Å²) in [7, 11) is 4.01. The van der Waals surface area contributed by atoms with Gasteiger partial charge in [-0.15, -0.1) is 0 Å². The SMILES string of the molecule is CN(C)c1cccc(C2(O)CC3CCCC(C2)N3C(=O)OC(C)(C)C)c1. The van der Waals surface area contributed by atoms with Crippen LogP contribution in [0.3, 0.4) is 0 Å². The molecule has 5 nitrogen and oxygen atoms in total. The highest BCUT2D eigenvalue weighted by Crippen LogP contribution is 2.45. The zero-order valence-electron chi connectivity index (χ0n) is 16.7. The van der Waals surface area contributed by atoms with E-state index in [9.17, 15) is 9.90 Å². The van der Waals surface area contributed by atoms with Crippen LogP contribution in [0.1, 0.15) is 58.4 Å². The van der Waals surface area contributed by atoms with E-state index in [0.29, 0.717) is 12.8 Å². The van der Waals surface area contributed by atoms with Crippen LogP contribution in [-0.4, -0.2) is 47.9 Å². The van der Waals surface area contributed by atoms with E-state index in [1.54, 1.807) is 0 Å². The molecule has 2 atom stereocenters. The predicted molar refractivity (Wildman–Crippen MR) is 103 cm³/mol. The van der Waals surface area contributed by atoms with Crippen molar-refractivity contribution in [3.8, 4) is 0 Å².